The SMILES string of the molecule is CCCCCC(O)c1ccc(N2C(=O)CSC2C/C=C/CCCS(C)(=O)=O)cc1. The fraction of sp³-hybridized carbons (Fsp3) is 0.591. The summed E-state index contributed by atoms with van der Waals surface area (Å²) < 4.78 is 22.3. The third-order valence-electron chi connectivity index (χ3n) is 4.98. The fourth-order valence-corrected chi connectivity index (χ4v) is 5.16. The Labute approximate surface area is 179 Å². The lowest BCUT2D eigenvalue weighted by Crippen LogP contribution is -2.32. The molecule has 162 valence electrons. The van der Waals surface area contributed by atoms with Crippen molar-refractivity contribution >= 4 is 33.2 Å². The molecule has 0 bridgehead atoms. The van der Waals surface area contributed by atoms with Crippen molar-refractivity contribution in [3.63, 3.8) is 0 Å². The van der Waals surface area contributed by atoms with Crippen LogP contribution in [0.2, 0.25) is 0 Å². The van der Waals surface area contributed by atoms with E-state index in [9.17, 15) is 18.3 Å². The van der Waals surface area contributed by atoms with Gasteiger partial charge in [0, 0.05) is 11.9 Å². The lowest BCUT2D eigenvalue weighted by Gasteiger charge is -2.23. The summed E-state index contributed by atoms with van der Waals surface area (Å²) in [6, 6.07) is 7.68. The Morgan fingerprint density at radius 2 is 1.93 bits per heavy atom. The summed E-state index contributed by atoms with van der Waals surface area (Å²) in [5.41, 5.74) is 1.76. The molecule has 1 N–H and O–H groups in total. The molecule has 1 aromatic carbocycles. The maximum absolute atomic E-state index is 12.4. The Hall–Kier alpha value is -1.31. The first-order chi connectivity index (χ1) is 13.8. The van der Waals surface area contributed by atoms with Gasteiger partial charge in [-0.1, -0.05) is 50.5 Å². The molecule has 2 atom stereocenters. The zero-order chi connectivity index (χ0) is 21.3. The van der Waals surface area contributed by atoms with Gasteiger partial charge in [-0.15, -0.1) is 11.8 Å². The second kappa shape index (κ2) is 11.8. The molecule has 0 aromatic heterocycles. The average Bonchev–Trinajstić information content (AvgIpc) is 3.04. The smallest absolute Gasteiger partial charge is 0.238 e. The molecular formula is C22H33NO4S2. The zero-order valence-electron chi connectivity index (χ0n) is 17.4. The van der Waals surface area contributed by atoms with Gasteiger partial charge in [-0.25, -0.2) is 8.42 Å². The van der Waals surface area contributed by atoms with E-state index >= 15 is 0 Å². The molecule has 0 saturated carbocycles. The van der Waals surface area contributed by atoms with E-state index in [1.54, 1.807) is 11.8 Å². The number of hydrogen-bond acceptors (Lipinski definition) is 5. The van der Waals surface area contributed by atoms with E-state index in [0.29, 0.717) is 12.2 Å². The van der Waals surface area contributed by atoms with Crippen LogP contribution in [0.15, 0.2) is 36.4 Å². The molecule has 2 rings (SSSR count). The van der Waals surface area contributed by atoms with Gasteiger partial charge in [0.1, 0.15) is 9.84 Å². The number of aliphatic hydroxyl groups is 1. The largest absolute Gasteiger partial charge is 0.388 e. The lowest BCUT2D eigenvalue weighted by molar-refractivity contribution is -0.115. The number of anilines is 1. The normalized spacial score (nSPS) is 18.7. The molecule has 2 unspecified atom stereocenters. The summed E-state index contributed by atoms with van der Waals surface area (Å²) >= 11 is 1.63. The van der Waals surface area contributed by atoms with Crippen LogP contribution < -0.4 is 4.90 Å². The van der Waals surface area contributed by atoms with E-state index in [2.05, 4.69) is 6.92 Å². The maximum atomic E-state index is 12.4. The molecule has 5 nitrogen and oxygen atoms in total. The highest BCUT2D eigenvalue weighted by molar-refractivity contribution is 8.01. The van der Waals surface area contributed by atoms with Crippen LogP contribution in [0.3, 0.4) is 0 Å². The molecular weight excluding hydrogens is 406 g/mol. The molecule has 1 aromatic rings. The minimum absolute atomic E-state index is 0.0500. The van der Waals surface area contributed by atoms with Crippen molar-refractivity contribution in [1.29, 1.82) is 0 Å². The van der Waals surface area contributed by atoms with E-state index < -0.39 is 15.9 Å². The van der Waals surface area contributed by atoms with Crippen molar-refractivity contribution in [2.75, 3.05) is 22.7 Å². The van der Waals surface area contributed by atoms with Crippen molar-refractivity contribution < 1.29 is 18.3 Å². The number of hydrogen-bond donors (Lipinski definition) is 1. The zero-order valence-corrected chi connectivity index (χ0v) is 19.1. The van der Waals surface area contributed by atoms with E-state index in [-0.39, 0.29) is 17.0 Å². The number of sulfone groups is 1. The molecule has 0 spiro atoms. The van der Waals surface area contributed by atoms with Crippen LogP contribution in [0, 0.1) is 0 Å². The summed E-state index contributed by atoms with van der Waals surface area (Å²) in [5, 5.41) is 10.4. The monoisotopic (exact) mass is 439 g/mol. The van der Waals surface area contributed by atoms with Gasteiger partial charge >= 0.3 is 0 Å². The Kier molecular flexibility index (Phi) is 9.72. The highest BCUT2D eigenvalue weighted by atomic mass is 32.2. The van der Waals surface area contributed by atoms with Crippen LogP contribution in [0.1, 0.15) is 63.5 Å². The third-order valence-corrected chi connectivity index (χ3v) is 7.22. The number of amides is 1. The summed E-state index contributed by atoms with van der Waals surface area (Å²) in [4.78, 5) is 14.2. The topological polar surface area (TPSA) is 74.7 Å². The molecule has 1 saturated heterocycles. The number of carbonyl (C=O) groups excluding carboxylic acids is 1. The van der Waals surface area contributed by atoms with Crippen molar-refractivity contribution in [2.24, 2.45) is 0 Å². The average molecular weight is 440 g/mol. The molecule has 29 heavy (non-hydrogen) atoms. The number of thioether (sulfide) groups is 1. The molecule has 0 radical (unpaired) electrons. The minimum atomic E-state index is -2.90. The van der Waals surface area contributed by atoms with Gasteiger partial charge in [0.15, 0.2) is 0 Å². The maximum Gasteiger partial charge on any atom is 0.238 e. The summed E-state index contributed by atoms with van der Waals surface area (Å²) in [6.07, 6.45) is 11.0. The number of nitrogens with zero attached hydrogens (tertiary/aromatic N) is 1. The minimum Gasteiger partial charge on any atom is -0.388 e. The summed E-state index contributed by atoms with van der Waals surface area (Å²) in [7, 11) is -2.90. The Balaban J connectivity index is 1.90. The molecule has 1 amide bonds. The van der Waals surface area contributed by atoms with Crippen LogP contribution in [0.25, 0.3) is 0 Å². The van der Waals surface area contributed by atoms with Crippen LogP contribution in [-0.2, 0) is 14.6 Å². The van der Waals surface area contributed by atoms with Crippen LogP contribution in [0.5, 0.6) is 0 Å². The van der Waals surface area contributed by atoms with Crippen LogP contribution in [0.4, 0.5) is 5.69 Å². The number of unbranched alkanes of at least 4 members (excludes halogenated alkanes) is 3. The Morgan fingerprint density at radius 3 is 2.59 bits per heavy atom. The van der Waals surface area contributed by atoms with E-state index in [1.807, 2.05) is 41.3 Å². The molecule has 1 fully saturated rings. The van der Waals surface area contributed by atoms with E-state index in [1.165, 1.54) is 6.26 Å². The quantitative estimate of drug-likeness (QED) is 0.384. The second-order valence-electron chi connectivity index (χ2n) is 7.61. The lowest BCUT2D eigenvalue weighted by atomic mass is 10.0. The van der Waals surface area contributed by atoms with Gasteiger partial charge in [-0.05, 0) is 43.4 Å². The van der Waals surface area contributed by atoms with Crippen molar-refractivity contribution in [3.05, 3.63) is 42.0 Å². The second-order valence-corrected chi connectivity index (χ2v) is 11.0. The number of allylic oxidation sites excluding steroid dienone is 1. The summed E-state index contributed by atoms with van der Waals surface area (Å²) in [5.74, 6) is 0.770. The van der Waals surface area contributed by atoms with E-state index in [0.717, 1.165) is 49.8 Å². The summed E-state index contributed by atoms with van der Waals surface area (Å²) in [6.45, 7) is 2.15. The van der Waals surface area contributed by atoms with Gasteiger partial charge in [-0.3, -0.25) is 9.69 Å². The standard InChI is InChI=1S/C22H33NO4S2/c1-3-4-7-10-20(24)18-12-14-19(15-13-18)23-21(25)17-28-22(23)11-8-5-6-9-16-29(2,26)27/h5,8,12-15,20,22,24H,3-4,6-7,9-11,16-17H2,1-2H3/b8-5+. The fourth-order valence-electron chi connectivity index (χ4n) is 3.36. The first-order valence-electron chi connectivity index (χ1n) is 10.4. The van der Waals surface area contributed by atoms with Crippen molar-refractivity contribution in [3.8, 4) is 0 Å². The molecule has 1 aliphatic heterocycles. The highest BCUT2D eigenvalue weighted by Gasteiger charge is 2.31. The number of rotatable bonds is 12. The van der Waals surface area contributed by atoms with Gasteiger partial charge in [-0.2, -0.15) is 0 Å². The number of carbonyl (C=O) groups is 1. The van der Waals surface area contributed by atoms with Crippen molar-refractivity contribution in [2.45, 2.75) is 63.3 Å². The van der Waals surface area contributed by atoms with Crippen LogP contribution >= 0.6 is 11.8 Å². The van der Waals surface area contributed by atoms with Gasteiger partial charge in [0.25, 0.3) is 0 Å². The predicted octanol–water partition coefficient (Wildman–Crippen LogP) is 4.48. The van der Waals surface area contributed by atoms with Crippen LogP contribution in [-0.4, -0.2) is 42.6 Å². The third kappa shape index (κ3) is 8.15. The van der Waals surface area contributed by atoms with Crippen molar-refractivity contribution in [1.82, 2.24) is 0 Å². The molecule has 1 heterocycles. The van der Waals surface area contributed by atoms with Gasteiger partial charge in [0.2, 0.25) is 5.91 Å². The van der Waals surface area contributed by atoms with E-state index in [4.69, 9.17) is 0 Å². The number of benzene rings is 1. The first-order valence-corrected chi connectivity index (χ1v) is 13.5. The Bertz CT molecular complexity index is 775. The Morgan fingerprint density at radius 1 is 1.21 bits per heavy atom. The van der Waals surface area contributed by atoms with Gasteiger partial charge in [0.05, 0.1) is 23.0 Å². The predicted molar refractivity (Wildman–Crippen MR) is 122 cm³/mol. The van der Waals surface area contributed by atoms with Gasteiger partial charge < -0.3 is 5.11 Å². The number of aliphatic hydroxyl groups excluding tert-OH is 1. The molecule has 7 heteroatoms. The highest BCUT2D eigenvalue weighted by Crippen LogP contribution is 2.33. The molecule has 0 aliphatic carbocycles. The molecule has 1 aliphatic rings. The first kappa shape index (κ1) is 24.0.